The van der Waals surface area contributed by atoms with Gasteiger partial charge in [-0.05, 0) is 13.0 Å². The molecule has 0 amide bonds. The quantitative estimate of drug-likeness (QED) is 0.163. The highest BCUT2D eigenvalue weighted by Gasteiger charge is 2.04. The molecule has 0 aliphatic carbocycles. The normalized spacial score (nSPS) is 11.6. The van der Waals surface area contributed by atoms with Crippen molar-refractivity contribution in [1.29, 1.82) is 0 Å². The SMILES string of the molecule is CCCCCCCCCCCCCCCCN(CCO)CCOCCOCCOCCO. The first-order valence-corrected chi connectivity index (χ1v) is 13.5. The number of unbranched alkanes of at least 4 members (excludes halogenated alkanes) is 13. The molecule has 32 heavy (non-hydrogen) atoms. The van der Waals surface area contributed by atoms with Crippen molar-refractivity contribution in [2.75, 3.05) is 72.5 Å². The summed E-state index contributed by atoms with van der Waals surface area (Å²) in [5, 5.41) is 17.9. The minimum Gasteiger partial charge on any atom is -0.395 e. The van der Waals surface area contributed by atoms with Crippen LogP contribution in [0.15, 0.2) is 0 Å². The Hall–Kier alpha value is -0.240. The van der Waals surface area contributed by atoms with E-state index in [0.29, 0.717) is 39.6 Å². The average molecular weight is 462 g/mol. The summed E-state index contributed by atoms with van der Waals surface area (Å²) in [6.07, 6.45) is 19.3. The Morgan fingerprint density at radius 1 is 0.438 bits per heavy atom. The smallest absolute Gasteiger partial charge is 0.0701 e. The van der Waals surface area contributed by atoms with Gasteiger partial charge in [-0.25, -0.2) is 0 Å². The van der Waals surface area contributed by atoms with Gasteiger partial charge in [-0.3, -0.25) is 4.90 Å². The molecule has 0 saturated heterocycles. The van der Waals surface area contributed by atoms with Crippen molar-refractivity contribution in [1.82, 2.24) is 4.90 Å². The van der Waals surface area contributed by atoms with Crippen molar-refractivity contribution in [3.05, 3.63) is 0 Å². The highest BCUT2D eigenvalue weighted by Crippen LogP contribution is 2.13. The van der Waals surface area contributed by atoms with Crippen molar-refractivity contribution in [3.63, 3.8) is 0 Å². The third-order valence-electron chi connectivity index (χ3n) is 5.78. The second kappa shape index (κ2) is 28.8. The largest absolute Gasteiger partial charge is 0.395 e. The van der Waals surface area contributed by atoms with Crippen LogP contribution in [0.25, 0.3) is 0 Å². The fraction of sp³-hybridized carbons (Fsp3) is 1.00. The number of ether oxygens (including phenoxy) is 3. The highest BCUT2D eigenvalue weighted by molar-refractivity contribution is 4.58. The Labute approximate surface area is 199 Å². The summed E-state index contributed by atoms with van der Waals surface area (Å²) in [6.45, 7) is 8.35. The van der Waals surface area contributed by atoms with E-state index in [1.54, 1.807) is 0 Å². The summed E-state index contributed by atoms with van der Waals surface area (Å²) in [6, 6.07) is 0. The van der Waals surface area contributed by atoms with Gasteiger partial charge in [0, 0.05) is 13.1 Å². The maximum Gasteiger partial charge on any atom is 0.0701 e. The van der Waals surface area contributed by atoms with Crippen LogP contribution >= 0.6 is 0 Å². The van der Waals surface area contributed by atoms with E-state index in [-0.39, 0.29) is 13.2 Å². The van der Waals surface area contributed by atoms with Crippen LogP contribution in [0.3, 0.4) is 0 Å². The zero-order valence-corrected chi connectivity index (χ0v) is 21.2. The molecule has 0 radical (unpaired) electrons. The van der Waals surface area contributed by atoms with Crippen molar-refractivity contribution in [2.45, 2.75) is 96.8 Å². The molecule has 0 aromatic heterocycles. The van der Waals surface area contributed by atoms with Gasteiger partial charge < -0.3 is 24.4 Å². The first-order valence-electron chi connectivity index (χ1n) is 13.5. The summed E-state index contributed by atoms with van der Waals surface area (Å²) in [5.74, 6) is 0. The van der Waals surface area contributed by atoms with Crippen LogP contribution in [0.5, 0.6) is 0 Å². The Morgan fingerprint density at radius 3 is 1.34 bits per heavy atom. The van der Waals surface area contributed by atoms with E-state index in [9.17, 15) is 5.11 Å². The number of nitrogens with zero attached hydrogens (tertiary/aromatic N) is 1. The zero-order chi connectivity index (χ0) is 23.4. The molecule has 0 aliphatic heterocycles. The minimum atomic E-state index is 0.0484. The fourth-order valence-corrected chi connectivity index (χ4v) is 3.81. The third-order valence-corrected chi connectivity index (χ3v) is 5.78. The summed E-state index contributed by atoms with van der Waals surface area (Å²) >= 11 is 0. The molecule has 0 atom stereocenters. The van der Waals surface area contributed by atoms with Gasteiger partial charge in [-0.1, -0.05) is 90.4 Å². The molecule has 0 aromatic rings. The predicted molar refractivity (Wildman–Crippen MR) is 133 cm³/mol. The number of aliphatic hydroxyl groups is 2. The molecule has 2 N–H and O–H groups in total. The van der Waals surface area contributed by atoms with Gasteiger partial charge in [0.05, 0.1) is 52.9 Å². The lowest BCUT2D eigenvalue weighted by atomic mass is 10.0. The molecule has 0 heterocycles. The first kappa shape index (κ1) is 31.8. The predicted octanol–water partition coefficient (Wildman–Crippen LogP) is 4.80. The molecule has 0 bridgehead atoms. The fourth-order valence-electron chi connectivity index (χ4n) is 3.81. The molecule has 0 spiro atoms. The first-order chi connectivity index (χ1) is 15.8. The maximum atomic E-state index is 9.28. The van der Waals surface area contributed by atoms with Crippen LogP contribution in [0, 0.1) is 0 Å². The van der Waals surface area contributed by atoms with Crippen LogP contribution in [-0.2, 0) is 14.2 Å². The van der Waals surface area contributed by atoms with E-state index in [1.807, 2.05) is 0 Å². The minimum absolute atomic E-state index is 0.0484. The van der Waals surface area contributed by atoms with Crippen LogP contribution in [0.2, 0.25) is 0 Å². The van der Waals surface area contributed by atoms with Crippen molar-refractivity contribution in [3.8, 4) is 0 Å². The van der Waals surface area contributed by atoms with E-state index in [4.69, 9.17) is 19.3 Å². The summed E-state index contributed by atoms with van der Waals surface area (Å²) in [4.78, 5) is 2.30. The third kappa shape index (κ3) is 26.0. The van der Waals surface area contributed by atoms with E-state index in [0.717, 1.165) is 19.6 Å². The summed E-state index contributed by atoms with van der Waals surface area (Å²) < 4.78 is 16.2. The molecule has 0 saturated carbocycles. The summed E-state index contributed by atoms with van der Waals surface area (Å²) in [5.41, 5.74) is 0. The van der Waals surface area contributed by atoms with Crippen LogP contribution < -0.4 is 0 Å². The lowest BCUT2D eigenvalue weighted by molar-refractivity contribution is 0.00405. The van der Waals surface area contributed by atoms with E-state index in [2.05, 4.69) is 11.8 Å². The van der Waals surface area contributed by atoms with Gasteiger partial charge in [0.25, 0.3) is 0 Å². The Balaban J connectivity index is 3.37. The number of aliphatic hydroxyl groups excluding tert-OH is 2. The highest BCUT2D eigenvalue weighted by atomic mass is 16.5. The molecule has 0 rings (SSSR count). The lowest BCUT2D eigenvalue weighted by Crippen LogP contribution is -2.31. The van der Waals surface area contributed by atoms with Gasteiger partial charge in [0.2, 0.25) is 0 Å². The maximum absolute atomic E-state index is 9.28. The lowest BCUT2D eigenvalue weighted by Gasteiger charge is -2.21. The van der Waals surface area contributed by atoms with Crippen LogP contribution in [0.4, 0.5) is 0 Å². The molecule has 0 aromatic carbocycles. The molecular formula is C26H55NO5. The van der Waals surface area contributed by atoms with Crippen molar-refractivity contribution >= 4 is 0 Å². The Morgan fingerprint density at radius 2 is 0.875 bits per heavy atom. The molecule has 0 unspecified atom stereocenters. The number of hydrogen-bond donors (Lipinski definition) is 2. The Kier molecular flexibility index (Phi) is 28.6. The molecule has 0 fully saturated rings. The topological polar surface area (TPSA) is 71.4 Å². The van der Waals surface area contributed by atoms with Crippen molar-refractivity contribution < 1.29 is 24.4 Å². The second-order valence-corrected chi connectivity index (χ2v) is 8.72. The molecular weight excluding hydrogens is 406 g/mol. The van der Waals surface area contributed by atoms with E-state index >= 15 is 0 Å². The van der Waals surface area contributed by atoms with Gasteiger partial charge in [-0.2, -0.15) is 0 Å². The van der Waals surface area contributed by atoms with Gasteiger partial charge in [0.1, 0.15) is 0 Å². The van der Waals surface area contributed by atoms with E-state index in [1.165, 1.54) is 89.9 Å². The standard InChI is InChI=1S/C26H55NO5/c1-2-3-4-5-6-7-8-9-10-11-12-13-14-15-16-27(17-19-28)18-21-30-23-25-32-26-24-31-22-20-29/h28-29H,2-26H2,1H3. The van der Waals surface area contributed by atoms with Gasteiger partial charge >= 0.3 is 0 Å². The summed E-state index contributed by atoms with van der Waals surface area (Å²) in [7, 11) is 0. The van der Waals surface area contributed by atoms with Crippen LogP contribution in [-0.4, -0.2) is 87.6 Å². The molecule has 194 valence electrons. The number of hydrogen-bond acceptors (Lipinski definition) is 6. The molecule has 6 heteroatoms. The van der Waals surface area contributed by atoms with Crippen molar-refractivity contribution in [2.24, 2.45) is 0 Å². The van der Waals surface area contributed by atoms with Gasteiger partial charge in [-0.15, -0.1) is 0 Å². The second-order valence-electron chi connectivity index (χ2n) is 8.72. The van der Waals surface area contributed by atoms with E-state index < -0.39 is 0 Å². The Bertz CT molecular complexity index is 333. The molecule has 0 aliphatic rings. The molecule has 6 nitrogen and oxygen atoms in total. The van der Waals surface area contributed by atoms with Gasteiger partial charge in [0.15, 0.2) is 0 Å². The van der Waals surface area contributed by atoms with Crippen LogP contribution in [0.1, 0.15) is 96.8 Å². The average Bonchev–Trinajstić information content (AvgIpc) is 2.80. The monoisotopic (exact) mass is 461 g/mol. The number of rotatable bonds is 28. The zero-order valence-electron chi connectivity index (χ0n) is 21.2.